The highest BCUT2D eigenvalue weighted by molar-refractivity contribution is 5.85. The molecule has 0 fully saturated rings. The largest absolute Gasteiger partial charge is 0.361 e. The van der Waals surface area contributed by atoms with Crippen LogP contribution in [0, 0.1) is 33.6 Å². The topological polar surface area (TPSA) is 110 Å². The van der Waals surface area contributed by atoms with Crippen LogP contribution in [0.2, 0.25) is 0 Å². The Labute approximate surface area is 178 Å². The van der Waals surface area contributed by atoms with E-state index in [2.05, 4.69) is 34.8 Å². The monoisotopic (exact) mass is 418 g/mol. The van der Waals surface area contributed by atoms with Crippen LogP contribution in [-0.2, 0) is 9.59 Å². The lowest BCUT2D eigenvalue weighted by molar-refractivity contribution is -0.124. The fourth-order valence-corrected chi connectivity index (χ4v) is 3.94. The van der Waals surface area contributed by atoms with Crippen molar-refractivity contribution in [1.29, 1.82) is 0 Å². The minimum absolute atomic E-state index is 0.108. The first-order valence-corrected chi connectivity index (χ1v) is 10.5. The highest BCUT2D eigenvalue weighted by atomic mass is 16.5. The molecule has 0 saturated carbocycles. The molecule has 0 bridgehead atoms. The molecule has 2 rings (SSSR count). The van der Waals surface area contributed by atoms with Gasteiger partial charge in [0.25, 0.3) is 0 Å². The van der Waals surface area contributed by atoms with Crippen molar-refractivity contribution in [2.45, 2.75) is 79.7 Å². The molecule has 2 amide bonds. The van der Waals surface area contributed by atoms with Crippen LogP contribution in [0.1, 0.15) is 80.0 Å². The van der Waals surface area contributed by atoms with Crippen LogP contribution in [0.5, 0.6) is 0 Å². The lowest BCUT2D eigenvalue weighted by Gasteiger charge is -2.24. The molecule has 0 aliphatic carbocycles. The number of hydrogen-bond donors (Lipinski definition) is 2. The van der Waals surface area contributed by atoms with E-state index in [1.165, 1.54) is 0 Å². The number of aryl methyl sites for hydroxylation is 4. The summed E-state index contributed by atoms with van der Waals surface area (Å²) < 4.78 is 10.4. The second-order valence-electron chi connectivity index (χ2n) is 8.50. The van der Waals surface area contributed by atoms with Crippen LogP contribution < -0.4 is 10.6 Å². The summed E-state index contributed by atoms with van der Waals surface area (Å²) in [5.41, 5.74) is 3.06. The third-order valence-electron chi connectivity index (χ3n) is 5.45. The highest BCUT2D eigenvalue weighted by Crippen LogP contribution is 2.24. The Morgan fingerprint density at radius 2 is 1.30 bits per heavy atom. The van der Waals surface area contributed by atoms with Crippen LogP contribution in [0.25, 0.3) is 0 Å². The van der Waals surface area contributed by atoms with Gasteiger partial charge in [-0.15, -0.1) is 0 Å². The van der Waals surface area contributed by atoms with Gasteiger partial charge in [0.2, 0.25) is 11.8 Å². The Bertz CT molecular complexity index is 845. The van der Waals surface area contributed by atoms with E-state index in [-0.39, 0.29) is 29.7 Å². The van der Waals surface area contributed by atoms with Crippen molar-refractivity contribution < 1.29 is 18.6 Å². The standard InChI is InChI=1S/C22H34N4O4/c1-11(2)9-18(24-22(28)13(4)20-15(6)26-30-17(20)8)10-23-21(27)12(3)19-14(5)25-29-16(19)7/h11-13,18H,9-10H2,1-8H3,(H,23,27)(H,24,28). The van der Waals surface area contributed by atoms with Gasteiger partial charge in [-0.3, -0.25) is 9.59 Å². The summed E-state index contributed by atoms with van der Waals surface area (Å²) in [6.45, 7) is 15.5. The number of carbonyl (C=O) groups excluding carboxylic acids is 2. The van der Waals surface area contributed by atoms with Gasteiger partial charge in [-0.05, 0) is 53.9 Å². The van der Waals surface area contributed by atoms with Gasteiger partial charge < -0.3 is 19.7 Å². The van der Waals surface area contributed by atoms with Gasteiger partial charge in [0.05, 0.1) is 23.2 Å². The summed E-state index contributed by atoms with van der Waals surface area (Å²) in [4.78, 5) is 25.6. The molecule has 0 saturated heterocycles. The summed E-state index contributed by atoms with van der Waals surface area (Å²) in [7, 11) is 0. The van der Waals surface area contributed by atoms with Crippen molar-refractivity contribution in [3.63, 3.8) is 0 Å². The van der Waals surface area contributed by atoms with E-state index in [1.54, 1.807) is 13.8 Å². The average Bonchev–Trinajstić information content (AvgIpc) is 3.18. The Morgan fingerprint density at radius 3 is 1.70 bits per heavy atom. The van der Waals surface area contributed by atoms with Crippen LogP contribution in [0.3, 0.4) is 0 Å². The van der Waals surface area contributed by atoms with Crippen LogP contribution in [-0.4, -0.2) is 34.7 Å². The van der Waals surface area contributed by atoms with Gasteiger partial charge in [0.15, 0.2) is 0 Å². The molecule has 3 atom stereocenters. The van der Waals surface area contributed by atoms with Crippen molar-refractivity contribution in [3.8, 4) is 0 Å². The lowest BCUT2D eigenvalue weighted by Crippen LogP contribution is -2.46. The third kappa shape index (κ3) is 5.49. The Kier molecular flexibility index (Phi) is 7.81. The maximum atomic E-state index is 12.9. The molecular formula is C22H34N4O4. The maximum Gasteiger partial charge on any atom is 0.227 e. The number of carbonyl (C=O) groups is 2. The predicted molar refractivity (Wildman–Crippen MR) is 113 cm³/mol. The van der Waals surface area contributed by atoms with Crippen molar-refractivity contribution in [3.05, 3.63) is 34.0 Å². The van der Waals surface area contributed by atoms with E-state index in [1.807, 2.05) is 27.7 Å². The molecule has 30 heavy (non-hydrogen) atoms. The SMILES string of the molecule is Cc1noc(C)c1C(C)C(=O)NCC(CC(C)C)NC(=O)C(C)c1c(C)noc1C. The van der Waals surface area contributed by atoms with Gasteiger partial charge in [-0.25, -0.2) is 0 Å². The summed E-state index contributed by atoms with van der Waals surface area (Å²) in [6, 6.07) is -0.179. The molecule has 2 N–H and O–H groups in total. The predicted octanol–water partition coefficient (Wildman–Crippen LogP) is 3.45. The minimum atomic E-state index is -0.386. The molecule has 0 radical (unpaired) electrons. The molecule has 0 spiro atoms. The van der Waals surface area contributed by atoms with Crippen molar-refractivity contribution in [1.82, 2.24) is 20.9 Å². The fourth-order valence-electron chi connectivity index (χ4n) is 3.94. The number of hydrogen-bond acceptors (Lipinski definition) is 6. The van der Waals surface area contributed by atoms with E-state index in [4.69, 9.17) is 9.05 Å². The second kappa shape index (κ2) is 9.91. The third-order valence-corrected chi connectivity index (χ3v) is 5.45. The lowest BCUT2D eigenvalue weighted by atomic mass is 9.96. The fraction of sp³-hybridized carbons (Fsp3) is 0.636. The zero-order valence-corrected chi connectivity index (χ0v) is 19.3. The molecule has 0 aliphatic heterocycles. The molecule has 0 aliphatic rings. The van der Waals surface area contributed by atoms with E-state index in [9.17, 15) is 9.59 Å². The first-order valence-electron chi connectivity index (χ1n) is 10.5. The molecule has 8 nitrogen and oxygen atoms in total. The smallest absolute Gasteiger partial charge is 0.227 e. The van der Waals surface area contributed by atoms with Gasteiger partial charge in [0.1, 0.15) is 11.5 Å². The highest BCUT2D eigenvalue weighted by Gasteiger charge is 2.27. The van der Waals surface area contributed by atoms with Gasteiger partial charge in [-0.2, -0.15) is 0 Å². The van der Waals surface area contributed by atoms with Crippen molar-refractivity contribution in [2.75, 3.05) is 6.54 Å². The van der Waals surface area contributed by atoms with E-state index in [0.29, 0.717) is 24.0 Å². The van der Waals surface area contributed by atoms with Gasteiger partial charge >= 0.3 is 0 Å². The number of nitrogens with zero attached hydrogens (tertiary/aromatic N) is 2. The molecule has 2 aromatic rings. The average molecular weight is 419 g/mol. The molecule has 3 unspecified atom stereocenters. The summed E-state index contributed by atoms with van der Waals surface area (Å²) >= 11 is 0. The van der Waals surface area contributed by atoms with Crippen molar-refractivity contribution >= 4 is 11.8 Å². The summed E-state index contributed by atoms with van der Waals surface area (Å²) in [5.74, 6) is 0.666. The Balaban J connectivity index is 2.03. The van der Waals surface area contributed by atoms with E-state index in [0.717, 1.165) is 28.9 Å². The molecular weight excluding hydrogens is 384 g/mol. The summed E-state index contributed by atoms with van der Waals surface area (Å²) in [5, 5.41) is 13.9. The zero-order valence-electron chi connectivity index (χ0n) is 19.3. The maximum absolute atomic E-state index is 12.9. The van der Waals surface area contributed by atoms with Gasteiger partial charge in [-0.1, -0.05) is 24.2 Å². The summed E-state index contributed by atoms with van der Waals surface area (Å²) in [6.07, 6.45) is 0.750. The van der Waals surface area contributed by atoms with E-state index < -0.39 is 0 Å². The van der Waals surface area contributed by atoms with Gasteiger partial charge in [0, 0.05) is 23.7 Å². The zero-order chi connectivity index (χ0) is 22.6. The number of aromatic nitrogens is 2. The molecule has 0 aromatic carbocycles. The Morgan fingerprint density at radius 1 is 0.833 bits per heavy atom. The number of nitrogens with one attached hydrogen (secondary N) is 2. The first-order chi connectivity index (χ1) is 14.0. The number of rotatable bonds is 9. The van der Waals surface area contributed by atoms with Crippen LogP contribution >= 0.6 is 0 Å². The normalized spacial score (nSPS) is 14.4. The molecule has 2 heterocycles. The van der Waals surface area contributed by atoms with Crippen molar-refractivity contribution in [2.24, 2.45) is 5.92 Å². The molecule has 8 heteroatoms. The molecule has 166 valence electrons. The molecule has 2 aromatic heterocycles. The number of amides is 2. The van der Waals surface area contributed by atoms with E-state index >= 15 is 0 Å². The van der Waals surface area contributed by atoms with Crippen LogP contribution in [0.4, 0.5) is 0 Å². The quantitative estimate of drug-likeness (QED) is 0.645. The Hall–Kier alpha value is -2.64. The first kappa shape index (κ1) is 23.6. The van der Waals surface area contributed by atoms with Crippen LogP contribution in [0.15, 0.2) is 9.05 Å². The minimum Gasteiger partial charge on any atom is -0.361 e. The second-order valence-corrected chi connectivity index (χ2v) is 8.50.